The van der Waals surface area contributed by atoms with Crippen LogP contribution in [-0.4, -0.2) is 18.1 Å². The molecule has 0 saturated carbocycles. The maximum absolute atomic E-state index is 12.8. The number of anilines is 1. The van der Waals surface area contributed by atoms with E-state index in [9.17, 15) is 19.3 Å². The Labute approximate surface area is 83.8 Å². The second kappa shape index (κ2) is 4.36. The van der Waals surface area contributed by atoms with Crippen molar-refractivity contribution in [2.45, 2.75) is 0 Å². The number of carbonyl (C=O) groups excluding carboxylic acids is 1. The van der Waals surface area contributed by atoms with Crippen molar-refractivity contribution in [3.8, 4) is 0 Å². The summed E-state index contributed by atoms with van der Waals surface area (Å²) in [5.74, 6) is -0.688. The van der Waals surface area contributed by atoms with Gasteiger partial charge in [0.2, 0.25) is 0 Å². The van der Waals surface area contributed by atoms with Gasteiger partial charge in [0.05, 0.1) is 12.0 Å². The van der Waals surface area contributed by atoms with Crippen molar-refractivity contribution in [2.75, 3.05) is 12.4 Å². The van der Waals surface area contributed by atoms with Crippen LogP contribution in [0.3, 0.4) is 0 Å². The summed E-state index contributed by atoms with van der Waals surface area (Å²) in [6, 6.07) is 2.73. The van der Waals surface area contributed by atoms with Gasteiger partial charge in [-0.2, -0.15) is 0 Å². The Morgan fingerprint density at radius 3 is 2.80 bits per heavy atom. The number of nitro groups is 1. The van der Waals surface area contributed by atoms with Crippen LogP contribution in [0.15, 0.2) is 18.2 Å². The van der Waals surface area contributed by atoms with Crippen LogP contribution in [0.1, 0.15) is 0 Å². The number of hydrogen-bond acceptors (Lipinski definition) is 4. The Morgan fingerprint density at radius 1 is 1.60 bits per heavy atom. The number of rotatable bonds is 2. The third-order valence-corrected chi connectivity index (χ3v) is 1.58. The lowest BCUT2D eigenvalue weighted by Gasteiger charge is -2.04. The summed E-state index contributed by atoms with van der Waals surface area (Å²) in [7, 11) is 1.10. The molecule has 0 saturated heterocycles. The summed E-state index contributed by atoms with van der Waals surface area (Å²) in [6.07, 6.45) is -0.899. The minimum atomic E-state index is -0.899. The first-order valence-electron chi connectivity index (χ1n) is 3.83. The average molecular weight is 214 g/mol. The van der Waals surface area contributed by atoms with Crippen molar-refractivity contribution in [3.05, 3.63) is 34.1 Å². The van der Waals surface area contributed by atoms with Crippen molar-refractivity contribution in [1.82, 2.24) is 0 Å². The van der Waals surface area contributed by atoms with E-state index in [1.54, 1.807) is 0 Å². The number of benzene rings is 1. The van der Waals surface area contributed by atoms with Gasteiger partial charge < -0.3 is 4.74 Å². The molecule has 80 valence electrons. The van der Waals surface area contributed by atoms with Crippen LogP contribution in [0.4, 0.5) is 20.6 Å². The molecule has 1 rings (SSSR count). The van der Waals surface area contributed by atoms with Gasteiger partial charge in [0.25, 0.3) is 5.69 Å². The fourth-order valence-electron chi connectivity index (χ4n) is 0.929. The molecule has 1 aromatic rings. The minimum absolute atomic E-state index is 0.244. The number of nitrogens with one attached hydrogen (secondary N) is 1. The molecule has 7 heteroatoms. The van der Waals surface area contributed by atoms with Gasteiger partial charge in [0, 0.05) is 12.1 Å². The molecule has 0 radical (unpaired) electrons. The fourth-order valence-corrected chi connectivity index (χ4v) is 0.929. The summed E-state index contributed by atoms with van der Waals surface area (Å²) in [5.41, 5.74) is -0.645. The van der Waals surface area contributed by atoms with Crippen molar-refractivity contribution in [2.24, 2.45) is 0 Å². The Morgan fingerprint density at radius 2 is 2.27 bits per heavy atom. The van der Waals surface area contributed by atoms with Crippen molar-refractivity contribution < 1.29 is 18.8 Å². The summed E-state index contributed by atoms with van der Waals surface area (Å²) in [4.78, 5) is 20.6. The summed E-state index contributed by atoms with van der Waals surface area (Å²) in [5, 5.41) is 12.5. The van der Waals surface area contributed by atoms with E-state index in [-0.39, 0.29) is 5.69 Å². The number of nitrogens with zero attached hydrogens (tertiary/aromatic N) is 1. The molecule has 0 aliphatic rings. The number of ether oxygens (including phenoxy) is 1. The number of carbonyl (C=O) groups is 1. The quantitative estimate of drug-likeness (QED) is 0.602. The van der Waals surface area contributed by atoms with Crippen LogP contribution >= 0.6 is 0 Å². The van der Waals surface area contributed by atoms with Gasteiger partial charge in [0.15, 0.2) is 0 Å². The molecule has 0 bridgehead atoms. The summed E-state index contributed by atoms with van der Waals surface area (Å²) < 4.78 is 17.0. The molecule has 0 unspecified atom stereocenters. The predicted octanol–water partition coefficient (Wildman–Crippen LogP) is 1.91. The maximum atomic E-state index is 12.8. The van der Waals surface area contributed by atoms with Gasteiger partial charge in [-0.3, -0.25) is 15.4 Å². The molecule has 0 fully saturated rings. The molecule has 0 aromatic heterocycles. The van der Waals surface area contributed by atoms with Crippen molar-refractivity contribution in [3.63, 3.8) is 0 Å². The van der Waals surface area contributed by atoms with Gasteiger partial charge in [-0.05, 0) is 6.07 Å². The highest BCUT2D eigenvalue weighted by Gasteiger charge is 2.16. The predicted molar refractivity (Wildman–Crippen MR) is 49.1 cm³/mol. The van der Waals surface area contributed by atoms with Gasteiger partial charge >= 0.3 is 6.09 Å². The topological polar surface area (TPSA) is 81.5 Å². The number of nitro benzene ring substituents is 1. The fraction of sp³-hybridized carbons (Fsp3) is 0.125. The second-order valence-corrected chi connectivity index (χ2v) is 2.54. The Bertz CT molecular complexity index is 408. The number of hydrogen-bond donors (Lipinski definition) is 1. The van der Waals surface area contributed by atoms with Gasteiger partial charge in [-0.25, -0.2) is 9.18 Å². The molecule has 15 heavy (non-hydrogen) atoms. The van der Waals surface area contributed by atoms with E-state index >= 15 is 0 Å². The molecule has 1 aromatic carbocycles. The summed E-state index contributed by atoms with van der Waals surface area (Å²) in [6.45, 7) is 0. The first-order chi connectivity index (χ1) is 7.04. The minimum Gasteiger partial charge on any atom is -0.453 e. The van der Waals surface area contributed by atoms with Gasteiger partial charge in [-0.15, -0.1) is 0 Å². The Balaban J connectivity index is 3.07. The number of amides is 1. The van der Waals surface area contributed by atoms with Crippen LogP contribution < -0.4 is 5.32 Å². The lowest BCUT2D eigenvalue weighted by atomic mass is 10.2. The van der Waals surface area contributed by atoms with E-state index < -0.39 is 22.5 Å². The molecule has 0 heterocycles. The molecular formula is C8H7FN2O4. The zero-order valence-electron chi connectivity index (χ0n) is 7.69. The van der Waals surface area contributed by atoms with E-state index in [2.05, 4.69) is 4.74 Å². The third kappa shape index (κ3) is 2.63. The normalized spacial score (nSPS) is 9.47. The molecule has 6 nitrogen and oxygen atoms in total. The molecular weight excluding hydrogens is 207 g/mol. The molecule has 0 spiro atoms. The van der Waals surface area contributed by atoms with Crippen LogP contribution in [0.2, 0.25) is 0 Å². The van der Waals surface area contributed by atoms with Crippen LogP contribution in [0, 0.1) is 15.9 Å². The van der Waals surface area contributed by atoms with Gasteiger partial charge in [-0.1, -0.05) is 0 Å². The number of halogens is 1. The SMILES string of the molecule is COC(=O)Nc1cc(F)ccc1[N+](=O)[O-]. The highest BCUT2D eigenvalue weighted by Crippen LogP contribution is 2.24. The molecule has 1 amide bonds. The lowest BCUT2D eigenvalue weighted by molar-refractivity contribution is -0.384. The molecule has 1 N–H and O–H groups in total. The molecule has 0 atom stereocenters. The zero-order valence-corrected chi connectivity index (χ0v) is 7.69. The Hall–Kier alpha value is -2.18. The van der Waals surface area contributed by atoms with Crippen LogP contribution in [-0.2, 0) is 4.74 Å². The van der Waals surface area contributed by atoms with Crippen molar-refractivity contribution in [1.29, 1.82) is 0 Å². The molecule has 0 aliphatic carbocycles. The maximum Gasteiger partial charge on any atom is 0.411 e. The monoisotopic (exact) mass is 214 g/mol. The van der Waals surface area contributed by atoms with E-state index in [0.29, 0.717) is 0 Å². The van der Waals surface area contributed by atoms with E-state index in [1.165, 1.54) is 0 Å². The van der Waals surface area contributed by atoms with Gasteiger partial charge in [0.1, 0.15) is 11.5 Å². The van der Waals surface area contributed by atoms with Crippen LogP contribution in [0.5, 0.6) is 0 Å². The Kier molecular flexibility index (Phi) is 3.17. The molecule has 0 aliphatic heterocycles. The van der Waals surface area contributed by atoms with E-state index in [0.717, 1.165) is 25.3 Å². The average Bonchev–Trinajstić information content (AvgIpc) is 2.17. The smallest absolute Gasteiger partial charge is 0.411 e. The first kappa shape index (κ1) is 10.9. The van der Waals surface area contributed by atoms with E-state index in [4.69, 9.17) is 0 Å². The zero-order chi connectivity index (χ0) is 11.4. The standard InChI is InChI=1S/C8H7FN2O4/c1-15-8(12)10-6-4-5(9)2-3-7(6)11(13)14/h2-4H,1H3,(H,10,12). The largest absolute Gasteiger partial charge is 0.453 e. The first-order valence-corrected chi connectivity index (χ1v) is 3.83. The summed E-state index contributed by atoms with van der Waals surface area (Å²) >= 11 is 0. The van der Waals surface area contributed by atoms with Crippen molar-refractivity contribution >= 4 is 17.5 Å². The lowest BCUT2D eigenvalue weighted by Crippen LogP contribution is -2.12. The number of methoxy groups -OCH3 is 1. The van der Waals surface area contributed by atoms with Crippen LogP contribution in [0.25, 0.3) is 0 Å². The van der Waals surface area contributed by atoms with E-state index in [1.807, 2.05) is 5.32 Å². The highest BCUT2D eigenvalue weighted by atomic mass is 19.1. The second-order valence-electron chi connectivity index (χ2n) is 2.54. The highest BCUT2D eigenvalue weighted by molar-refractivity contribution is 5.87. The third-order valence-electron chi connectivity index (χ3n) is 1.58.